The second-order valence-corrected chi connectivity index (χ2v) is 6.25. The van der Waals surface area contributed by atoms with E-state index in [9.17, 15) is 19.5 Å². The molecule has 2 heterocycles. The van der Waals surface area contributed by atoms with E-state index < -0.39 is 17.2 Å². The molecule has 0 unspecified atom stereocenters. The SMILES string of the molecule is Cc1ccc2c(Cn3nc(C(=O)O)c4ccccc4c3=O)cc(=O)oc2c1. The lowest BCUT2D eigenvalue weighted by molar-refractivity contribution is 0.0690. The highest BCUT2D eigenvalue weighted by atomic mass is 16.4. The van der Waals surface area contributed by atoms with Crippen LogP contribution >= 0.6 is 0 Å². The van der Waals surface area contributed by atoms with Crippen LogP contribution in [0.3, 0.4) is 0 Å². The van der Waals surface area contributed by atoms with Gasteiger partial charge in [-0.25, -0.2) is 14.3 Å². The van der Waals surface area contributed by atoms with Crippen LogP contribution in [0.15, 0.2) is 62.5 Å². The van der Waals surface area contributed by atoms with Gasteiger partial charge in [0.05, 0.1) is 11.9 Å². The molecular formula is C20H14N2O5. The quantitative estimate of drug-likeness (QED) is 0.562. The van der Waals surface area contributed by atoms with Crippen molar-refractivity contribution in [2.75, 3.05) is 0 Å². The minimum absolute atomic E-state index is 0.0465. The fourth-order valence-corrected chi connectivity index (χ4v) is 3.13. The van der Waals surface area contributed by atoms with Crippen LogP contribution in [0.1, 0.15) is 21.6 Å². The Bertz CT molecular complexity index is 1330. The Morgan fingerprint density at radius 2 is 1.81 bits per heavy atom. The Hall–Kier alpha value is -3.74. The first-order chi connectivity index (χ1) is 12.9. The zero-order chi connectivity index (χ0) is 19.1. The number of hydrogen-bond donors (Lipinski definition) is 1. The van der Waals surface area contributed by atoms with E-state index in [0.29, 0.717) is 16.5 Å². The summed E-state index contributed by atoms with van der Waals surface area (Å²) in [5.74, 6) is -1.23. The maximum absolute atomic E-state index is 12.8. The summed E-state index contributed by atoms with van der Waals surface area (Å²) in [4.78, 5) is 36.3. The lowest BCUT2D eigenvalue weighted by atomic mass is 10.1. The zero-order valence-corrected chi connectivity index (χ0v) is 14.3. The molecule has 0 amide bonds. The first-order valence-corrected chi connectivity index (χ1v) is 8.20. The Morgan fingerprint density at radius 3 is 2.56 bits per heavy atom. The van der Waals surface area contributed by atoms with Crippen molar-refractivity contribution in [3.05, 3.63) is 86.1 Å². The van der Waals surface area contributed by atoms with Gasteiger partial charge in [-0.1, -0.05) is 30.3 Å². The predicted molar refractivity (Wildman–Crippen MR) is 99.3 cm³/mol. The van der Waals surface area contributed by atoms with Gasteiger partial charge in [0.1, 0.15) is 5.58 Å². The number of hydrogen-bond acceptors (Lipinski definition) is 5. The smallest absolute Gasteiger partial charge is 0.357 e. The lowest BCUT2D eigenvalue weighted by Gasteiger charge is -2.10. The third-order valence-electron chi connectivity index (χ3n) is 4.38. The van der Waals surface area contributed by atoms with E-state index in [1.165, 1.54) is 6.07 Å². The third-order valence-corrected chi connectivity index (χ3v) is 4.38. The molecule has 1 N–H and O–H groups in total. The number of fused-ring (bicyclic) bond motifs is 2. The van der Waals surface area contributed by atoms with E-state index in [2.05, 4.69) is 5.10 Å². The topological polar surface area (TPSA) is 102 Å². The van der Waals surface area contributed by atoms with Gasteiger partial charge in [-0.3, -0.25) is 4.79 Å². The molecule has 0 bridgehead atoms. The molecule has 27 heavy (non-hydrogen) atoms. The van der Waals surface area contributed by atoms with E-state index in [0.717, 1.165) is 10.2 Å². The second-order valence-electron chi connectivity index (χ2n) is 6.25. The summed E-state index contributed by atoms with van der Waals surface area (Å²) in [5, 5.41) is 14.7. The molecular weight excluding hydrogens is 348 g/mol. The molecule has 0 aliphatic rings. The van der Waals surface area contributed by atoms with Crippen molar-refractivity contribution in [3.8, 4) is 0 Å². The van der Waals surface area contributed by atoms with Gasteiger partial charge in [0, 0.05) is 16.8 Å². The first kappa shape index (κ1) is 16.7. The molecule has 0 aliphatic heterocycles. The molecule has 7 nitrogen and oxygen atoms in total. The zero-order valence-electron chi connectivity index (χ0n) is 14.3. The van der Waals surface area contributed by atoms with E-state index in [1.54, 1.807) is 36.4 Å². The van der Waals surface area contributed by atoms with Crippen molar-refractivity contribution in [2.24, 2.45) is 0 Å². The van der Waals surface area contributed by atoms with Crippen molar-refractivity contribution in [3.63, 3.8) is 0 Å². The van der Waals surface area contributed by atoms with Gasteiger partial charge in [0.2, 0.25) is 0 Å². The largest absolute Gasteiger partial charge is 0.476 e. The minimum Gasteiger partial charge on any atom is -0.476 e. The number of rotatable bonds is 3. The second kappa shape index (κ2) is 6.21. The van der Waals surface area contributed by atoms with Crippen LogP contribution in [0.25, 0.3) is 21.7 Å². The average Bonchev–Trinajstić information content (AvgIpc) is 2.63. The van der Waals surface area contributed by atoms with Crippen molar-refractivity contribution in [1.82, 2.24) is 9.78 Å². The molecule has 4 rings (SSSR count). The van der Waals surface area contributed by atoms with Crippen LogP contribution in [0.4, 0.5) is 0 Å². The Balaban J connectivity index is 1.96. The van der Waals surface area contributed by atoms with Gasteiger partial charge >= 0.3 is 11.6 Å². The molecule has 0 aliphatic carbocycles. The highest BCUT2D eigenvalue weighted by molar-refractivity contribution is 6.01. The van der Waals surface area contributed by atoms with Crippen molar-refractivity contribution in [2.45, 2.75) is 13.5 Å². The molecule has 0 atom stereocenters. The molecule has 0 saturated carbocycles. The summed E-state index contributed by atoms with van der Waals surface area (Å²) in [5.41, 5.74) is 0.678. The number of aromatic carboxylic acids is 1. The standard InChI is InChI=1S/C20H14N2O5/c1-11-6-7-13-12(9-17(23)27-16(13)8-11)10-22-19(24)15-5-3-2-4-14(15)18(21-22)20(25)26/h2-9H,10H2,1H3,(H,25,26). The van der Waals surface area contributed by atoms with E-state index in [1.807, 2.05) is 13.0 Å². The van der Waals surface area contributed by atoms with Crippen molar-refractivity contribution < 1.29 is 14.3 Å². The van der Waals surface area contributed by atoms with Gasteiger partial charge in [-0.05, 0) is 30.2 Å². The normalized spacial score (nSPS) is 11.1. The van der Waals surface area contributed by atoms with E-state index in [4.69, 9.17) is 4.42 Å². The first-order valence-electron chi connectivity index (χ1n) is 8.20. The summed E-state index contributed by atoms with van der Waals surface area (Å²) in [6.07, 6.45) is 0. The summed E-state index contributed by atoms with van der Waals surface area (Å²) in [6, 6.07) is 13.1. The number of aryl methyl sites for hydroxylation is 1. The van der Waals surface area contributed by atoms with Crippen LogP contribution in [0.5, 0.6) is 0 Å². The molecule has 4 aromatic rings. The van der Waals surface area contributed by atoms with Gasteiger partial charge in [-0.2, -0.15) is 5.10 Å². The Labute approximate surface area is 152 Å². The number of carbonyl (C=O) groups is 1. The van der Waals surface area contributed by atoms with Crippen LogP contribution in [0, 0.1) is 6.92 Å². The fraction of sp³-hybridized carbons (Fsp3) is 0.100. The average molecular weight is 362 g/mol. The van der Waals surface area contributed by atoms with Gasteiger partial charge in [0.15, 0.2) is 5.69 Å². The summed E-state index contributed by atoms with van der Waals surface area (Å²) < 4.78 is 6.30. The summed E-state index contributed by atoms with van der Waals surface area (Å²) in [6.45, 7) is 1.83. The number of carboxylic acid groups (broad SMARTS) is 1. The lowest BCUT2D eigenvalue weighted by Crippen LogP contribution is -2.27. The van der Waals surface area contributed by atoms with Gasteiger partial charge in [0.25, 0.3) is 5.56 Å². The maximum atomic E-state index is 12.8. The van der Waals surface area contributed by atoms with Crippen LogP contribution in [0.2, 0.25) is 0 Å². The van der Waals surface area contributed by atoms with Crippen LogP contribution in [-0.4, -0.2) is 20.9 Å². The van der Waals surface area contributed by atoms with Crippen LogP contribution in [-0.2, 0) is 6.54 Å². The molecule has 0 spiro atoms. The Morgan fingerprint density at radius 1 is 1.07 bits per heavy atom. The third kappa shape index (κ3) is 2.89. The molecule has 7 heteroatoms. The Kier molecular flexibility index (Phi) is 3.84. The monoisotopic (exact) mass is 362 g/mol. The molecule has 0 saturated heterocycles. The maximum Gasteiger partial charge on any atom is 0.357 e. The highest BCUT2D eigenvalue weighted by Gasteiger charge is 2.16. The fourth-order valence-electron chi connectivity index (χ4n) is 3.13. The van der Waals surface area contributed by atoms with Gasteiger partial charge < -0.3 is 9.52 Å². The molecule has 2 aromatic carbocycles. The minimum atomic E-state index is -1.23. The van der Waals surface area contributed by atoms with E-state index in [-0.39, 0.29) is 23.0 Å². The number of aromatic nitrogens is 2. The summed E-state index contributed by atoms with van der Waals surface area (Å²) >= 11 is 0. The van der Waals surface area contributed by atoms with Crippen LogP contribution < -0.4 is 11.2 Å². The van der Waals surface area contributed by atoms with Crippen molar-refractivity contribution >= 4 is 27.7 Å². The summed E-state index contributed by atoms with van der Waals surface area (Å²) in [7, 11) is 0. The van der Waals surface area contributed by atoms with Crippen molar-refractivity contribution in [1.29, 1.82) is 0 Å². The number of nitrogens with zero attached hydrogens (tertiary/aromatic N) is 2. The van der Waals surface area contributed by atoms with E-state index >= 15 is 0 Å². The molecule has 134 valence electrons. The number of carboxylic acids is 1. The molecule has 0 fully saturated rings. The number of benzene rings is 2. The highest BCUT2D eigenvalue weighted by Crippen LogP contribution is 2.20. The molecule has 0 radical (unpaired) electrons. The van der Waals surface area contributed by atoms with Gasteiger partial charge in [-0.15, -0.1) is 0 Å². The molecule has 2 aromatic heterocycles. The predicted octanol–water partition coefficient (Wildman–Crippen LogP) is 2.56.